The number of nitrogen functional groups attached to an aromatic ring is 1. The Hall–Kier alpha value is -1.92. The topological polar surface area (TPSA) is 106 Å². The first-order chi connectivity index (χ1) is 11.3. The Labute approximate surface area is 141 Å². The van der Waals surface area contributed by atoms with Crippen molar-refractivity contribution in [2.75, 3.05) is 12.3 Å². The van der Waals surface area contributed by atoms with Gasteiger partial charge in [0.25, 0.3) is 0 Å². The zero-order valence-electron chi connectivity index (χ0n) is 14.0. The highest BCUT2D eigenvalue weighted by Gasteiger charge is 2.35. The van der Waals surface area contributed by atoms with E-state index in [1.54, 1.807) is 0 Å². The number of hydrogen-bond acceptors (Lipinski definition) is 6. The molecule has 0 saturated carbocycles. The molecule has 8 heteroatoms. The van der Waals surface area contributed by atoms with Crippen molar-refractivity contribution in [3.05, 3.63) is 18.1 Å². The van der Waals surface area contributed by atoms with Gasteiger partial charge in [-0.3, -0.25) is 0 Å². The summed E-state index contributed by atoms with van der Waals surface area (Å²) in [6.45, 7) is 6.28. The van der Waals surface area contributed by atoms with Crippen LogP contribution in [0.5, 0.6) is 0 Å². The predicted molar refractivity (Wildman–Crippen MR) is 93.8 cm³/mol. The minimum absolute atomic E-state index is 0.226. The molecule has 3 atom stereocenters. The number of aliphatic hydroxyl groups excluding tert-OH is 2. The number of aliphatic hydroxyl groups is 2. The molecule has 4 N–H and O–H groups in total. The molecular weight excluding hydrogens is 324 g/mol. The Morgan fingerprint density at radius 3 is 2.79 bits per heavy atom. The third-order valence-electron chi connectivity index (χ3n) is 3.91. The standard InChI is InChI=1S/C16H22N4O3Si/c1-24(2,3)5-4-10-7-20(13-6-11(22)12(8-21)23-13)16-14(10)15(17)18-9-19-16/h7,9,11-13,21-22H,6,8H2,1-3H3,(H2,17,18,19)/t11-,12+,13-/m0/s1. The second-order valence-corrected chi connectivity index (χ2v) is 11.8. The zero-order chi connectivity index (χ0) is 17.5. The Balaban J connectivity index is 2.10. The third kappa shape index (κ3) is 3.16. The van der Waals surface area contributed by atoms with E-state index < -0.39 is 26.5 Å². The summed E-state index contributed by atoms with van der Waals surface area (Å²) in [5.41, 5.74) is 10.7. The van der Waals surface area contributed by atoms with Crippen molar-refractivity contribution >= 4 is 24.9 Å². The molecule has 128 valence electrons. The van der Waals surface area contributed by atoms with E-state index in [-0.39, 0.29) is 6.61 Å². The van der Waals surface area contributed by atoms with Crippen LogP contribution < -0.4 is 5.73 Å². The maximum atomic E-state index is 9.99. The summed E-state index contributed by atoms with van der Waals surface area (Å²) >= 11 is 0. The molecule has 0 aliphatic carbocycles. The molecular formula is C16H22N4O3Si. The number of nitrogens with zero attached hydrogens (tertiary/aromatic N) is 3. The van der Waals surface area contributed by atoms with Crippen LogP contribution in [0.15, 0.2) is 12.5 Å². The summed E-state index contributed by atoms with van der Waals surface area (Å²) in [7, 11) is -1.55. The molecule has 2 aromatic heterocycles. The maximum absolute atomic E-state index is 9.99. The normalized spacial score (nSPS) is 24.1. The number of hydrogen-bond donors (Lipinski definition) is 3. The van der Waals surface area contributed by atoms with Gasteiger partial charge < -0.3 is 25.3 Å². The first-order valence-corrected chi connectivity index (χ1v) is 11.4. The summed E-state index contributed by atoms with van der Waals surface area (Å²) in [5, 5.41) is 20.0. The fourth-order valence-electron chi connectivity index (χ4n) is 2.73. The van der Waals surface area contributed by atoms with Gasteiger partial charge in [0, 0.05) is 12.6 Å². The number of anilines is 1. The lowest BCUT2D eigenvalue weighted by atomic mass is 10.2. The van der Waals surface area contributed by atoms with Crippen molar-refractivity contribution in [2.45, 2.75) is 44.5 Å². The van der Waals surface area contributed by atoms with E-state index in [9.17, 15) is 10.2 Å². The molecule has 3 rings (SSSR count). The van der Waals surface area contributed by atoms with Gasteiger partial charge >= 0.3 is 0 Å². The summed E-state index contributed by atoms with van der Waals surface area (Å²) < 4.78 is 7.56. The van der Waals surface area contributed by atoms with E-state index in [0.29, 0.717) is 23.3 Å². The number of fused-ring (bicyclic) bond motifs is 1. The predicted octanol–water partition coefficient (Wildman–Crippen LogP) is 0.883. The quantitative estimate of drug-likeness (QED) is 0.551. The third-order valence-corrected chi connectivity index (χ3v) is 4.78. The zero-order valence-corrected chi connectivity index (χ0v) is 15.0. The Kier molecular flexibility index (Phi) is 4.36. The highest BCUT2D eigenvalue weighted by atomic mass is 28.3. The first kappa shape index (κ1) is 16.9. The monoisotopic (exact) mass is 346 g/mol. The van der Waals surface area contributed by atoms with E-state index >= 15 is 0 Å². The van der Waals surface area contributed by atoms with Gasteiger partial charge in [0.1, 0.15) is 38.2 Å². The molecule has 0 amide bonds. The van der Waals surface area contributed by atoms with Gasteiger partial charge in [0.15, 0.2) is 0 Å². The highest BCUT2D eigenvalue weighted by molar-refractivity contribution is 6.83. The average molecular weight is 346 g/mol. The number of nitrogens with two attached hydrogens (primary N) is 1. The Morgan fingerprint density at radius 2 is 2.17 bits per heavy atom. The van der Waals surface area contributed by atoms with Crippen LogP contribution in [0.4, 0.5) is 5.82 Å². The van der Waals surface area contributed by atoms with Gasteiger partial charge in [-0.1, -0.05) is 25.6 Å². The van der Waals surface area contributed by atoms with Gasteiger partial charge in [0.2, 0.25) is 0 Å². The molecule has 0 aromatic carbocycles. The van der Waals surface area contributed by atoms with Crippen molar-refractivity contribution in [3.63, 3.8) is 0 Å². The van der Waals surface area contributed by atoms with E-state index in [2.05, 4.69) is 41.1 Å². The van der Waals surface area contributed by atoms with Gasteiger partial charge in [0.05, 0.1) is 23.7 Å². The van der Waals surface area contributed by atoms with Crippen LogP contribution in [0.25, 0.3) is 11.0 Å². The summed E-state index contributed by atoms with van der Waals surface area (Å²) in [6.07, 6.45) is 1.89. The lowest BCUT2D eigenvalue weighted by Crippen LogP contribution is -2.24. The van der Waals surface area contributed by atoms with Crippen molar-refractivity contribution in [1.29, 1.82) is 0 Å². The molecule has 1 fully saturated rings. The van der Waals surface area contributed by atoms with E-state index in [0.717, 1.165) is 5.56 Å². The maximum Gasteiger partial charge on any atom is 0.148 e. The van der Waals surface area contributed by atoms with Crippen LogP contribution in [-0.4, -0.2) is 51.6 Å². The first-order valence-electron chi connectivity index (χ1n) is 7.88. The van der Waals surface area contributed by atoms with Crippen molar-refractivity contribution < 1.29 is 14.9 Å². The minimum Gasteiger partial charge on any atom is -0.394 e. The van der Waals surface area contributed by atoms with Gasteiger partial charge in [-0.25, -0.2) is 9.97 Å². The molecule has 1 aliphatic heterocycles. The SMILES string of the molecule is C[Si](C)(C)C#Cc1cn([C@@H]2C[C@H](O)[C@@H](CO)O2)c2ncnc(N)c12. The van der Waals surface area contributed by atoms with E-state index in [1.165, 1.54) is 6.33 Å². The lowest BCUT2D eigenvalue weighted by Gasteiger charge is -2.14. The number of ether oxygens (including phenoxy) is 1. The molecule has 7 nitrogen and oxygen atoms in total. The summed E-state index contributed by atoms with van der Waals surface area (Å²) in [6, 6.07) is 0. The summed E-state index contributed by atoms with van der Waals surface area (Å²) in [5.74, 6) is 3.58. The van der Waals surface area contributed by atoms with E-state index in [4.69, 9.17) is 10.5 Å². The summed E-state index contributed by atoms with van der Waals surface area (Å²) in [4.78, 5) is 8.38. The molecule has 0 spiro atoms. The van der Waals surface area contributed by atoms with Crippen LogP contribution in [0.1, 0.15) is 18.2 Å². The second kappa shape index (κ2) is 6.18. The molecule has 3 heterocycles. The minimum atomic E-state index is -1.55. The van der Waals surface area contributed by atoms with Crippen LogP contribution in [-0.2, 0) is 4.74 Å². The number of aromatic nitrogens is 3. The fraction of sp³-hybridized carbons (Fsp3) is 0.500. The van der Waals surface area contributed by atoms with Gasteiger partial charge in [-0.2, -0.15) is 0 Å². The molecule has 24 heavy (non-hydrogen) atoms. The smallest absolute Gasteiger partial charge is 0.148 e. The second-order valence-electron chi connectivity index (χ2n) is 7.02. The van der Waals surface area contributed by atoms with Gasteiger partial charge in [-0.15, -0.1) is 5.54 Å². The van der Waals surface area contributed by atoms with Crippen molar-refractivity contribution in [2.24, 2.45) is 0 Å². The molecule has 0 unspecified atom stereocenters. The largest absolute Gasteiger partial charge is 0.394 e. The number of rotatable bonds is 2. The van der Waals surface area contributed by atoms with Crippen LogP contribution in [0.3, 0.4) is 0 Å². The van der Waals surface area contributed by atoms with Crippen molar-refractivity contribution in [3.8, 4) is 11.5 Å². The van der Waals surface area contributed by atoms with Crippen molar-refractivity contribution in [1.82, 2.24) is 14.5 Å². The molecule has 0 bridgehead atoms. The molecule has 1 saturated heterocycles. The van der Waals surface area contributed by atoms with Gasteiger partial charge in [-0.05, 0) is 0 Å². The Bertz CT molecular complexity index is 818. The van der Waals surface area contributed by atoms with Crippen LogP contribution in [0, 0.1) is 11.5 Å². The average Bonchev–Trinajstić information content (AvgIpc) is 3.05. The van der Waals surface area contributed by atoms with Crippen LogP contribution >= 0.6 is 0 Å². The highest BCUT2D eigenvalue weighted by Crippen LogP contribution is 2.33. The Morgan fingerprint density at radius 1 is 1.42 bits per heavy atom. The van der Waals surface area contributed by atoms with E-state index in [1.807, 2.05) is 10.8 Å². The lowest BCUT2D eigenvalue weighted by molar-refractivity contribution is -0.0430. The molecule has 2 aromatic rings. The molecule has 1 aliphatic rings. The van der Waals surface area contributed by atoms with Crippen LogP contribution in [0.2, 0.25) is 19.6 Å². The fourth-order valence-corrected chi connectivity index (χ4v) is 3.24. The molecule has 0 radical (unpaired) electrons.